The van der Waals surface area contributed by atoms with Crippen LogP contribution in [0.15, 0.2) is 12.2 Å². The van der Waals surface area contributed by atoms with E-state index in [0.717, 1.165) is 5.41 Å². The molecule has 0 aromatic carbocycles. The van der Waals surface area contributed by atoms with Crippen LogP contribution in [0.3, 0.4) is 0 Å². The smallest absolute Gasteiger partial charge is 0.0118 e. The Bertz CT molecular complexity index is 176. The lowest BCUT2D eigenvalue weighted by atomic mass is 9.54. The average molecular weight is 164 g/mol. The van der Waals surface area contributed by atoms with Crippen molar-refractivity contribution in [3.63, 3.8) is 0 Å². The maximum Gasteiger partial charge on any atom is -0.0118 e. The molecule has 0 amide bonds. The monoisotopic (exact) mass is 164 g/mol. The SMILES string of the molecule is C/C=C/C12CCC(C)(CC1)CC2. The lowest BCUT2D eigenvalue weighted by Crippen LogP contribution is -2.38. The summed E-state index contributed by atoms with van der Waals surface area (Å²) in [4.78, 5) is 0. The summed E-state index contributed by atoms with van der Waals surface area (Å²) in [7, 11) is 0. The van der Waals surface area contributed by atoms with Crippen molar-refractivity contribution >= 4 is 0 Å². The van der Waals surface area contributed by atoms with Crippen LogP contribution < -0.4 is 0 Å². The van der Waals surface area contributed by atoms with Gasteiger partial charge in [0.05, 0.1) is 0 Å². The molecule has 0 aromatic heterocycles. The van der Waals surface area contributed by atoms with Gasteiger partial charge in [0.25, 0.3) is 0 Å². The van der Waals surface area contributed by atoms with Gasteiger partial charge in [-0.1, -0.05) is 19.1 Å². The van der Waals surface area contributed by atoms with E-state index in [1.807, 2.05) is 0 Å². The summed E-state index contributed by atoms with van der Waals surface area (Å²) in [6.45, 7) is 4.64. The lowest BCUT2D eigenvalue weighted by Gasteiger charge is -2.51. The molecule has 0 heteroatoms. The molecule has 0 heterocycles. The number of hydrogen-bond acceptors (Lipinski definition) is 0. The van der Waals surface area contributed by atoms with E-state index in [9.17, 15) is 0 Å². The second-order valence-electron chi connectivity index (χ2n) is 5.17. The molecule has 12 heavy (non-hydrogen) atoms. The van der Waals surface area contributed by atoms with Crippen LogP contribution in [0.25, 0.3) is 0 Å². The molecule has 3 rings (SSSR count). The quantitative estimate of drug-likeness (QED) is 0.515. The summed E-state index contributed by atoms with van der Waals surface area (Å²) >= 11 is 0. The zero-order valence-electron chi connectivity index (χ0n) is 8.40. The molecule has 0 atom stereocenters. The van der Waals surface area contributed by atoms with Gasteiger partial charge in [-0.05, 0) is 56.3 Å². The Morgan fingerprint density at radius 1 is 0.917 bits per heavy atom. The summed E-state index contributed by atoms with van der Waals surface area (Å²) in [6, 6.07) is 0. The Hall–Kier alpha value is -0.260. The van der Waals surface area contributed by atoms with Crippen molar-refractivity contribution in [3.05, 3.63) is 12.2 Å². The van der Waals surface area contributed by atoms with E-state index in [4.69, 9.17) is 0 Å². The van der Waals surface area contributed by atoms with Gasteiger partial charge >= 0.3 is 0 Å². The highest BCUT2D eigenvalue weighted by atomic mass is 14.5. The fourth-order valence-corrected chi connectivity index (χ4v) is 3.01. The molecule has 0 nitrogen and oxygen atoms in total. The predicted octanol–water partition coefficient (Wildman–Crippen LogP) is 3.92. The number of rotatable bonds is 1. The summed E-state index contributed by atoms with van der Waals surface area (Å²) < 4.78 is 0. The molecule has 0 spiro atoms. The first kappa shape index (κ1) is 8.34. The van der Waals surface area contributed by atoms with Crippen LogP contribution in [-0.4, -0.2) is 0 Å². The molecular formula is C12H20. The van der Waals surface area contributed by atoms with Crippen molar-refractivity contribution in [3.8, 4) is 0 Å². The Balaban J connectivity index is 2.14. The van der Waals surface area contributed by atoms with E-state index < -0.39 is 0 Å². The minimum absolute atomic E-state index is 0.631. The molecule has 3 saturated carbocycles. The predicted molar refractivity (Wildman–Crippen MR) is 53.1 cm³/mol. The van der Waals surface area contributed by atoms with Gasteiger partial charge in [-0.25, -0.2) is 0 Å². The Morgan fingerprint density at radius 2 is 1.42 bits per heavy atom. The van der Waals surface area contributed by atoms with Crippen LogP contribution in [0.1, 0.15) is 52.4 Å². The highest BCUT2D eigenvalue weighted by Crippen LogP contribution is 2.57. The minimum Gasteiger partial charge on any atom is -0.0911 e. The van der Waals surface area contributed by atoms with Crippen molar-refractivity contribution in [2.75, 3.05) is 0 Å². The molecule has 0 saturated heterocycles. The third kappa shape index (κ3) is 1.22. The zero-order valence-corrected chi connectivity index (χ0v) is 8.40. The van der Waals surface area contributed by atoms with E-state index in [1.165, 1.54) is 38.5 Å². The largest absolute Gasteiger partial charge is 0.0911 e. The number of allylic oxidation sites excluding steroid dienone is 2. The Labute approximate surface area is 76.1 Å². The first-order chi connectivity index (χ1) is 5.68. The van der Waals surface area contributed by atoms with Crippen molar-refractivity contribution < 1.29 is 0 Å². The van der Waals surface area contributed by atoms with Crippen LogP contribution in [0.5, 0.6) is 0 Å². The van der Waals surface area contributed by atoms with Crippen LogP contribution in [0.4, 0.5) is 0 Å². The van der Waals surface area contributed by atoms with E-state index in [2.05, 4.69) is 26.0 Å². The minimum atomic E-state index is 0.631. The summed E-state index contributed by atoms with van der Waals surface area (Å²) in [5, 5.41) is 0. The third-order valence-corrected chi connectivity index (χ3v) is 4.20. The maximum absolute atomic E-state index is 2.48. The molecule has 0 unspecified atom stereocenters. The third-order valence-electron chi connectivity index (χ3n) is 4.20. The van der Waals surface area contributed by atoms with Crippen LogP contribution in [0.2, 0.25) is 0 Å². The number of fused-ring (bicyclic) bond motifs is 3. The van der Waals surface area contributed by atoms with Gasteiger partial charge in [-0.15, -0.1) is 0 Å². The van der Waals surface area contributed by atoms with Gasteiger partial charge < -0.3 is 0 Å². The van der Waals surface area contributed by atoms with Gasteiger partial charge in [0.15, 0.2) is 0 Å². The Kier molecular flexibility index (Phi) is 1.82. The standard InChI is InChI=1S/C12H20/c1-3-4-12-8-5-11(2,6-9-12)7-10-12/h3-4H,5-10H2,1-2H3/b4-3+. The maximum atomic E-state index is 2.48. The molecule has 0 radical (unpaired) electrons. The Morgan fingerprint density at radius 3 is 1.83 bits per heavy atom. The van der Waals surface area contributed by atoms with E-state index in [1.54, 1.807) is 0 Å². The summed E-state index contributed by atoms with van der Waals surface area (Å²) in [5.74, 6) is 0. The average Bonchev–Trinajstić information content (AvgIpc) is 2.08. The molecule has 68 valence electrons. The highest BCUT2D eigenvalue weighted by molar-refractivity contribution is 5.07. The fourth-order valence-electron chi connectivity index (χ4n) is 3.01. The van der Waals surface area contributed by atoms with Crippen LogP contribution >= 0.6 is 0 Å². The summed E-state index contributed by atoms with van der Waals surface area (Å²) in [5.41, 5.74) is 1.36. The van der Waals surface area contributed by atoms with Crippen molar-refractivity contribution in [1.82, 2.24) is 0 Å². The highest BCUT2D eigenvalue weighted by Gasteiger charge is 2.44. The lowest BCUT2D eigenvalue weighted by molar-refractivity contribution is 0.0360. The van der Waals surface area contributed by atoms with Gasteiger partial charge in [-0.2, -0.15) is 0 Å². The molecule has 3 aliphatic rings. The normalized spacial score (nSPS) is 47.2. The van der Waals surface area contributed by atoms with E-state index in [0.29, 0.717) is 5.41 Å². The van der Waals surface area contributed by atoms with Gasteiger partial charge in [0, 0.05) is 0 Å². The van der Waals surface area contributed by atoms with Gasteiger partial charge in [-0.3, -0.25) is 0 Å². The molecular weight excluding hydrogens is 144 g/mol. The molecule has 2 bridgehead atoms. The number of hydrogen-bond donors (Lipinski definition) is 0. The molecule has 0 aliphatic heterocycles. The van der Waals surface area contributed by atoms with E-state index in [-0.39, 0.29) is 0 Å². The molecule has 0 aromatic rings. The zero-order chi connectivity index (χ0) is 8.66. The molecule has 3 aliphatic carbocycles. The molecule has 0 N–H and O–H groups in total. The van der Waals surface area contributed by atoms with Crippen LogP contribution in [0, 0.1) is 10.8 Å². The van der Waals surface area contributed by atoms with Crippen molar-refractivity contribution in [2.45, 2.75) is 52.4 Å². The van der Waals surface area contributed by atoms with Crippen molar-refractivity contribution in [2.24, 2.45) is 10.8 Å². The molecule has 3 fully saturated rings. The summed E-state index contributed by atoms with van der Waals surface area (Å²) in [6.07, 6.45) is 13.5. The first-order valence-electron chi connectivity index (χ1n) is 5.32. The van der Waals surface area contributed by atoms with Gasteiger partial charge in [0.1, 0.15) is 0 Å². The second kappa shape index (κ2) is 2.61. The topological polar surface area (TPSA) is 0 Å². The van der Waals surface area contributed by atoms with Crippen molar-refractivity contribution in [1.29, 1.82) is 0 Å². The second-order valence-corrected chi connectivity index (χ2v) is 5.17. The van der Waals surface area contributed by atoms with E-state index >= 15 is 0 Å². The van der Waals surface area contributed by atoms with Crippen LogP contribution in [-0.2, 0) is 0 Å². The first-order valence-corrected chi connectivity index (χ1v) is 5.32. The fraction of sp³-hybridized carbons (Fsp3) is 0.833. The van der Waals surface area contributed by atoms with Gasteiger partial charge in [0.2, 0.25) is 0 Å².